The fourth-order valence-electron chi connectivity index (χ4n) is 5.23. The third kappa shape index (κ3) is 8.55. The van der Waals surface area contributed by atoms with Gasteiger partial charge in [-0.05, 0) is 73.9 Å². The summed E-state index contributed by atoms with van der Waals surface area (Å²) in [7, 11) is -1.51. The van der Waals surface area contributed by atoms with E-state index in [0.717, 1.165) is 36.4 Å². The van der Waals surface area contributed by atoms with Gasteiger partial charge in [-0.15, -0.1) is 0 Å². The SMILES string of the molecule is COc1ccc(S(=O)(=O)N(CC(=O)N(Cc2ccc(Cl)cc2Cl)[C@H](C)C(=O)NC2CCCCC2)c2ccc(Cl)cc2)cc1OC. The number of nitrogens with one attached hydrogen (secondary N) is 1. The van der Waals surface area contributed by atoms with Crippen LogP contribution in [-0.2, 0) is 26.2 Å². The van der Waals surface area contributed by atoms with Crippen LogP contribution in [-0.4, -0.2) is 58.0 Å². The molecule has 0 bridgehead atoms. The zero-order valence-corrected chi connectivity index (χ0v) is 28.3. The maximum Gasteiger partial charge on any atom is 0.264 e. The number of benzene rings is 3. The predicted octanol–water partition coefficient (Wildman–Crippen LogP) is 6.73. The van der Waals surface area contributed by atoms with Crippen LogP contribution in [0.3, 0.4) is 0 Å². The van der Waals surface area contributed by atoms with Gasteiger partial charge < -0.3 is 19.7 Å². The van der Waals surface area contributed by atoms with Crippen molar-refractivity contribution in [3.8, 4) is 11.5 Å². The fraction of sp³-hybridized carbons (Fsp3) is 0.375. The maximum atomic E-state index is 14.2. The van der Waals surface area contributed by atoms with Gasteiger partial charge in [0.05, 0.1) is 24.8 Å². The summed E-state index contributed by atoms with van der Waals surface area (Å²) in [6, 6.07) is 14.2. The van der Waals surface area contributed by atoms with Crippen LogP contribution in [0.2, 0.25) is 15.1 Å². The second-order valence-corrected chi connectivity index (χ2v) is 13.9. The van der Waals surface area contributed by atoms with Gasteiger partial charge in [0.1, 0.15) is 12.6 Å². The number of hydrogen-bond acceptors (Lipinski definition) is 6. The van der Waals surface area contributed by atoms with E-state index < -0.39 is 28.5 Å². The van der Waals surface area contributed by atoms with E-state index in [1.165, 1.54) is 61.6 Å². The number of carbonyl (C=O) groups is 2. The monoisotopic (exact) mass is 695 g/mol. The molecule has 0 aliphatic heterocycles. The van der Waals surface area contributed by atoms with Gasteiger partial charge in [0.15, 0.2) is 11.5 Å². The molecule has 0 unspecified atom stereocenters. The first-order valence-electron chi connectivity index (χ1n) is 14.5. The highest BCUT2D eigenvalue weighted by Crippen LogP contribution is 2.33. The first-order valence-corrected chi connectivity index (χ1v) is 17.1. The minimum Gasteiger partial charge on any atom is -0.493 e. The van der Waals surface area contributed by atoms with Crippen molar-refractivity contribution in [3.63, 3.8) is 0 Å². The van der Waals surface area contributed by atoms with Gasteiger partial charge >= 0.3 is 0 Å². The molecule has 1 fully saturated rings. The predicted molar refractivity (Wildman–Crippen MR) is 177 cm³/mol. The Morgan fingerprint density at radius 2 is 1.53 bits per heavy atom. The largest absolute Gasteiger partial charge is 0.493 e. The second kappa shape index (κ2) is 15.4. The molecule has 3 aromatic rings. The van der Waals surface area contributed by atoms with Crippen LogP contribution < -0.4 is 19.1 Å². The van der Waals surface area contributed by atoms with Crippen LogP contribution in [0.15, 0.2) is 65.6 Å². The summed E-state index contributed by atoms with van der Waals surface area (Å²) in [5.41, 5.74) is 0.749. The van der Waals surface area contributed by atoms with E-state index in [1.54, 1.807) is 25.1 Å². The number of halogens is 3. The highest BCUT2D eigenvalue weighted by Gasteiger charge is 2.34. The normalized spacial score (nSPS) is 14.4. The minimum atomic E-state index is -4.35. The van der Waals surface area contributed by atoms with E-state index in [-0.39, 0.29) is 34.8 Å². The smallest absolute Gasteiger partial charge is 0.264 e. The van der Waals surface area contributed by atoms with Gasteiger partial charge in [0.25, 0.3) is 10.0 Å². The van der Waals surface area contributed by atoms with Crippen molar-refractivity contribution in [1.82, 2.24) is 10.2 Å². The molecule has 1 saturated carbocycles. The van der Waals surface area contributed by atoms with Crippen molar-refractivity contribution in [1.29, 1.82) is 0 Å². The van der Waals surface area contributed by atoms with Crippen LogP contribution >= 0.6 is 34.8 Å². The topological polar surface area (TPSA) is 105 Å². The van der Waals surface area contributed by atoms with Crippen molar-refractivity contribution in [2.45, 2.75) is 62.6 Å². The lowest BCUT2D eigenvalue weighted by Crippen LogP contribution is -2.53. The van der Waals surface area contributed by atoms with Gasteiger partial charge in [0.2, 0.25) is 11.8 Å². The van der Waals surface area contributed by atoms with Gasteiger partial charge in [-0.1, -0.05) is 60.1 Å². The highest BCUT2D eigenvalue weighted by atomic mass is 35.5. The van der Waals surface area contributed by atoms with E-state index in [9.17, 15) is 18.0 Å². The lowest BCUT2D eigenvalue weighted by Gasteiger charge is -2.33. The van der Waals surface area contributed by atoms with Crippen LogP contribution in [0.25, 0.3) is 0 Å². The second-order valence-electron chi connectivity index (χ2n) is 10.8. The van der Waals surface area contributed by atoms with Gasteiger partial charge in [0, 0.05) is 33.7 Å². The van der Waals surface area contributed by atoms with Crippen LogP contribution in [0, 0.1) is 0 Å². The number of carbonyl (C=O) groups excluding carboxylic acids is 2. The molecule has 1 N–H and O–H groups in total. The molecule has 13 heteroatoms. The van der Waals surface area contributed by atoms with E-state index in [0.29, 0.717) is 26.4 Å². The quantitative estimate of drug-likeness (QED) is 0.225. The number of hydrogen-bond donors (Lipinski definition) is 1. The molecule has 4 rings (SSSR count). The highest BCUT2D eigenvalue weighted by molar-refractivity contribution is 7.92. The molecule has 0 heterocycles. The molecular formula is C32H36Cl3N3O6S. The Bertz CT molecular complexity index is 1610. The number of ether oxygens (including phenoxy) is 2. The van der Waals surface area contributed by atoms with Crippen molar-refractivity contribution >= 4 is 62.3 Å². The van der Waals surface area contributed by atoms with E-state index in [1.807, 2.05) is 0 Å². The standard InChI is InChI=1S/C32H36Cl3N3O6S/c1-21(32(40)36-25-7-5-4-6-8-25)37(19-22-9-10-24(34)17-28(22)35)31(39)20-38(26-13-11-23(33)12-14-26)45(41,42)27-15-16-29(43-2)30(18-27)44-3/h9-18,21,25H,4-8,19-20H2,1-3H3,(H,36,40)/t21-/m1/s1. The van der Waals surface area contributed by atoms with Crippen LogP contribution in [0.4, 0.5) is 5.69 Å². The average Bonchev–Trinajstić information content (AvgIpc) is 3.03. The molecule has 1 aliphatic rings. The van der Waals surface area contributed by atoms with Crippen molar-refractivity contribution in [2.24, 2.45) is 0 Å². The zero-order valence-electron chi connectivity index (χ0n) is 25.3. The molecule has 0 aromatic heterocycles. The van der Waals surface area contributed by atoms with Gasteiger partial charge in [-0.3, -0.25) is 13.9 Å². The van der Waals surface area contributed by atoms with E-state index in [2.05, 4.69) is 5.32 Å². The van der Waals surface area contributed by atoms with Crippen molar-refractivity contribution in [3.05, 3.63) is 81.3 Å². The number of amides is 2. The molecule has 242 valence electrons. The van der Waals surface area contributed by atoms with Crippen LogP contribution in [0.5, 0.6) is 11.5 Å². The van der Waals surface area contributed by atoms with Crippen molar-refractivity contribution < 1.29 is 27.5 Å². The summed E-state index contributed by atoms with van der Waals surface area (Å²) in [5, 5.41) is 4.19. The molecule has 0 radical (unpaired) electrons. The third-order valence-corrected chi connectivity index (χ3v) is 10.4. The lowest BCUT2D eigenvalue weighted by molar-refractivity contribution is -0.139. The summed E-state index contributed by atoms with van der Waals surface area (Å²) in [6.07, 6.45) is 4.89. The Labute approximate surface area is 279 Å². The molecule has 0 spiro atoms. The Hall–Kier alpha value is -3.18. The first kappa shape index (κ1) is 34.7. The number of sulfonamides is 1. The number of nitrogens with zero attached hydrogens (tertiary/aromatic N) is 2. The summed E-state index contributed by atoms with van der Waals surface area (Å²) in [4.78, 5) is 28.9. The molecule has 9 nitrogen and oxygen atoms in total. The Kier molecular flexibility index (Phi) is 11.9. The zero-order chi connectivity index (χ0) is 32.7. The van der Waals surface area contributed by atoms with Crippen molar-refractivity contribution in [2.75, 3.05) is 25.1 Å². The molecule has 45 heavy (non-hydrogen) atoms. The fourth-order valence-corrected chi connectivity index (χ4v) is 7.25. The number of anilines is 1. The third-order valence-electron chi connectivity index (χ3n) is 7.81. The maximum absolute atomic E-state index is 14.2. The van der Waals surface area contributed by atoms with Crippen LogP contribution in [0.1, 0.15) is 44.6 Å². The summed E-state index contributed by atoms with van der Waals surface area (Å²) in [6.45, 7) is 0.943. The molecule has 1 atom stereocenters. The van der Waals surface area contributed by atoms with E-state index in [4.69, 9.17) is 44.3 Å². The average molecular weight is 697 g/mol. The molecule has 2 amide bonds. The molecule has 1 aliphatic carbocycles. The summed E-state index contributed by atoms with van der Waals surface area (Å²) >= 11 is 18.7. The Morgan fingerprint density at radius 3 is 2.16 bits per heavy atom. The van der Waals surface area contributed by atoms with Gasteiger partial charge in [-0.2, -0.15) is 0 Å². The van der Waals surface area contributed by atoms with E-state index >= 15 is 0 Å². The number of rotatable bonds is 12. The summed E-state index contributed by atoms with van der Waals surface area (Å²) in [5.74, 6) is -0.408. The Balaban J connectivity index is 1.72. The molecular weight excluding hydrogens is 661 g/mol. The molecule has 3 aromatic carbocycles. The lowest BCUT2D eigenvalue weighted by atomic mass is 9.95. The minimum absolute atomic E-state index is 0.0146. The molecule has 0 saturated heterocycles. The Morgan fingerprint density at radius 1 is 0.889 bits per heavy atom. The summed E-state index contributed by atoms with van der Waals surface area (Å²) < 4.78 is 39.9. The number of methoxy groups -OCH3 is 2. The first-order chi connectivity index (χ1) is 21.4. The van der Waals surface area contributed by atoms with Gasteiger partial charge in [-0.25, -0.2) is 8.42 Å².